The molecular weight excluding hydrogens is 419 g/mol. The highest BCUT2D eigenvalue weighted by molar-refractivity contribution is 7.12. The number of hydrogen-bond acceptors (Lipinski definition) is 7. The van der Waals surface area contributed by atoms with Gasteiger partial charge in [0.1, 0.15) is 34.0 Å². The third-order valence-corrected chi connectivity index (χ3v) is 6.66. The van der Waals surface area contributed by atoms with E-state index in [0.29, 0.717) is 39.9 Å². The molecule has 2 N–H and O–H groups in total. The van der Waals surface area contributed by atoms with Crippen LogP contribution in [0.15, 0.2) is 22.5 Å². The third kappa shape index (κ3) is 3.52. The fraction of sp³-hybridized carbons (Fsp3) is 0.421. The quantitative estimate of drug-likeness (QED) is 0.742. The van der Waals surface area contributed by atoms with E-state index in [-0.39, 0.29) is 0 Å². The van der Waals surface area contributed by atoms with Gasteiger partial charge in [-0.05, 0) is 37.4 Å². The second-order valence-corrected chi connectivity index (χ2v) is 8.31. The molecule has 0 unspecified atom stereocenters. The summed E-state index contributed by atoms with van der Waals surface area (Å²) in [6.45, 7) is 2.47. The van der Waals surface area contributed by atoms with E-state index < -0.39 is 0 Å². The lowest BCUT2D eigenvalue weighted by Gasteiger charge is -2.32. The molecule has 9 heteroatoms. The van der Waals surface area contributed by atoms with Gasteiger partial charge in [0, 0.05) is 12.1 Å². The van der Waals surface area contributed by atoms with Crippen molar-refractivity contribution in [3.8, 4) is 11.5 Å². The van der Waals surface area contributed by atoms with Crippen molar-refractivity contribution in [3.63, 3.8) is 0 Å². The van der Waals surface area contributed by atoms with Crippen molar-refractivity contribution >= 4 is 51.7 Å². The summed E-state index contributed by atoms with van der Waals surface area (Å²) in [5.41, 5.74) is 1.67. The molecule has 4 rings (SSSR count). The first-order valence-electron chi connectivity index (χ1n) is 9.11. The number of aliphatic imine (C=N–C) groups is 1. The van der Waals surface area contributed by atoms with Crippen molar-refractivity contribution < 1.29 is 9.47 Å². The van der Waals surface area contributed by atoms with Crippen molar-refractivity contribution in [2.24, 2.45) is 4.99 Å². The first kappa shape index (κ1) is 19.6. The number of ether oxygens (including phenoxy) is 2. The molecule has 1 saturated heterocycles. The minimum absolute atomic E-state index is 0.410. The molecule has 2 aromatic rings. The number of amidine groups is 1. The van der Waals surface area contributed by atoms with Gasteiger partial charge in [-0.1, -0.05) is 23.2 Å². The number of benzene rings is 1. The summed E-state index contributed by atoms with van der Waals surface area (Å²) in [6, 6.07) is 4.20. The topological polar surface area (TPSA) is 58.1 Å². The highest BCUT2D eigenvalue weighted by Gasteiger charge is 2.29. The SMILES string of the molecule is COc1cc(OC)c(Cl)c(N2CN=C(NC3CCNCC3)c3sccc32)c1Cl. The Kier molecular flexibility index (Phi) is 5.87. The summed E-state index contributed by atoms with van der Waals surface area (Å²) < 4.78 is 10.8. The number of methoxy groups -OCH3 is 2. The van der Waals surface area contributed by atoms with Crippen molar-refractivity contribution in [3.05, 3.63) is 32.4 Å². The molecule has 0 atom stereocenters. The number of anilines is 2. The Bertz CT molecular complexity index is 868. The number of halogens is 2. The van der Waals surface area contributed by atoms with Crippen LogP contribution in [0.5, 0.6) is 11.5 Å². The van der Waals surface area contributed by atoms with Crippen molar-refractivity contribution in [1.82, 2.24) is 10.6 Å². The number of rotatable bonds is 4. The molecule has 1 fully saturated rings. The van der Waals surface area contributed by atoms with Gasteiger partial charge < -0.3 is 25.0 Å². The van der Waals surface area contributed by atoms with Gasteiger partial charge in [-0.15, -0.1) is 11.3 Å². The van der Waals surface area contributed by atoms with Crippen LogP contribution in [0.3, 0.4) is 0 Å². The largest absolute Gasteiger partial charge is 0.495 e. The Morgan fingerprint density at radius 1 is 1.18 bits per heavy atom. The number of piperidine rings is 1. The summed E-state index contributed by atoms with van der Waals surface area (Å²) in [5.74, 6) is 1.96. The maximum Gasteiger partial charge on any atom is 0.143 e. The molecule has 0 amide bonds. The number of nitrogens with one attached hydrogen (secondary N) is 2. The lowest BCUT2D eigenvalue weighted by molar-refractivity contribution is 0.395. The van der Waals surface area contributed by atoms with Gasteiger partial charge >= 0.3 is 0 Å². The summed E-state index contributed by atoms with van der Waals surface area (Å²) in [5, 5.41) is 9.95. The second kappa shape index (κ2) is 8.37. The highest BCUT2D eigenvalue weighted by atomic mass is 35.5. The van der Waals surface area contributed by atoms with Crippen LogP contribution in [0.4, 0.5) is 11.4 Å². The van der Waals surface area contributed by atoms with E-state index in [9.17, 15) is 0 Å². The predicted octanol–water partition coefficient (Wildman–Crippen LogP) is 4.27. The van der Waals surface area contributed by atoms with E-state index in [1.54, 1.807) is 31.6 Å². The molecule has 6 nitrogen and oxygen atoms in total. The first-order chi connectivity index (χ1) is 13.6. The monoisotopic (exact) mass is 440 g/mol. The maximum atomic E-state index is 6.63. The molecule has 1 aromatic heterocycles. The van der Waals surface area contributed by atoms with Gasteiger partial charge in [0.15, 0.2) is 0 Å². The zero-order valence-corrected chi connectivity index (χ0v) is 18.0. The van der Waals surface area contributed by atoms with Crippen LogP contribution < -0.4 is 25.0 Å². The number of nitrogens with zero attached hydrogens (tertiary/aromatic N) is 2. The predicted molar refractivity (Wildman–Crippen MR) is 116 cm³/mol. The maximum absolute atomic E-state index is 6.63. The van der Waals surface area contributed by atoms with E-state index in [2.05, 4.69) is 22.1 Å². The van der Waals surface area contributed by atoms with Crippen LogP contribution in [-0.4, -0.2) is 45.9 Å². The summed E-state index contributed by atoms with van der Waals surface area (Å²) in [7, 11) is 3.15. The zero-order chi connectivity index (χ0) is 19.7. The Balaban J connectivity index is 1.70. The summed E-state index contributed by atoms with van der Waals surface area (Å²) >= 11 is 14.9. The number of thiophene rings is 1. The first-order valence-corrected chi connectivity index (χ1v) is 10.7. The van der Waals surface area contributed by atoms with Gasteiger partial charge in [-0.25, -0.2) is 4.99 Å². The molecular formula is C19H22Cl2N4O2S. The molecule has 28 heavy (non-hydrogen) atoms. The average molecular weight is 441 g/mol. The van der Waals surface area contributed by atoms with Crippen LogP contribution in [0.1, 0.15) is 17.7 Å². The smallest absolute Gasteiger partial charge is 0.143 e. The van der Waals surface area contributed by atoms with Crippen molar-refractivity contribution in [1.29, 1.82) is 0 Å². The fourth-order valence-electron chi connectivity index (χ4n) is 3.55. The normalized spacial score (nSPS) is 17.1. The van der Waals surface area contributed by atoms with E-state index in [4.69, 9.17) is 37.7 Å². The van der Waals surface area contributed by atoms with Crippen LogP contribution in [0, 0.1) is 0 Å². The summed E-state index contributed by atoms with van der Waals surface area (Å²) in [4.78, 5) is 7.90. The molecule has 0 bridgehead atoms. The number of hydrogen-bond donors (Lipinski definition) is 2. The van der Waals surface area contributed by atoms with Crippen molar-refractivity contribution in [2.45, 2.75) is 18.9 Å². The van der Waals surface area contributed by atoms with Crippen molar-refractivity contribution in [2.75, 3.05) is 38.9 Å². The highest BCUT2D eigenvalue weighted by Crippen LogP contribution is 2.49. The molecule has 0 saturated carbocycles. The van der Waals surface area contributed by atoms with Crippen LogP contribution in [0.2, 0.25) is 10.0 Å². The second-order valence-electron chi connectivity index (χ2n) is 6.64. The molecule has 0 spiro atoms. The minimum Gasteiger partial charge on any atom is -0.495 e. The zero-order valence-electron chi connectivity index (χ0n) is 15.7. The van der Waals surface area contributed by atoms with Gasteiger partial charge in [0.2, 0.25) is 0 Å². The van der Waals surface area contributed by atoms with Crippen LogP contribution in [0.25, 0.3) is 0 Å². The lowest BCUT2D eigenvalue weighted by Crippen LogP contribution is -2.44. The van der Waals surface area contributed by atoms with E-state index in [0.717, 1.165) is 42.3 Å². The molecule has 2 aliphatic heterocycles. The van der Waals surface area contributed by atoms with Gasteiger partial charge in [0.25, 0.3) is 0 Å². The Morgan fingerprint density at radius 2 is 1.86 bits per heavy atom. The molecule has 1 aromatic carbocycles. The average Bonchev–Trinajstić information content (AvgIpc) is 3.21. The number of fused-ring (bicyclic) bond motifs is 1. The summed E-state index contributed by atoms with van der Waals surface area (Å²) in [6.07, 6.45) is 2.18. The molecule has 2 aliphatic rings. The molecule has 0 radical (unpaired) electrons. The Morgan fingerprint density at radius 3 is 2.50 bits per heavy atom. The molecule has 0 aliphatic carbocycles. The Hall–Kier alpha value is -1.67. The van der Waals surface area contributed by atoms with Gasteiger partial charge in [-0.2, -0.15) is 0 Å². The lowest BCUT2D eigenvalue weighted by atomic mass is 10.1. The molecule has 150 valence electrons. The van der Waals surface area contributed by atoms with Gasteiger partial charge in [-0.3, -0.25) is 0 Å². The van der Waals surface area contributed by atoms with Gasteiger partial charge in [0.05, 0.1) is 30.5 Å². The van der Waals surface area contributed by atoms with E-state index in [1.807, 2.05) is 4.90 Å². The third-order valence-electron chi connectivity index (χ3n) is 5.02. The van der Waals surface area contributed by atoms with Crippen LogP contribution >= 0.6 is 34.5 Å². The fourth-order valence-corrected chi connectivity index (χ4v) is 5.13. The van der Waals surface area contributed by atoms with E-state index in [1.165, 1.54) is 0 Å². The molecule has 3 heterocycles. The van der Waals surface area contributed by atoms with Crippen LogP contribution in [-0.2, 0) is 0 Å². The Labute approximate surface area is 178 Å². The standard InChI is InChI=1S/C19H22Cl2N4O2S/c1-26-13-9-14(27-2)16(21)17(15(13)20)25-10-23-19(18-12(25)5-8-28-18)24-11-3-6-22-7-4-11/h5,8-9,11,22H,3-4,6-7,10H2,1-2H3,(H,23,24). The van der Waals surface area contributed by atoms with E-state index >= 15 is 0 Å². The minimum atomic E-state index is 0.410.